The minimum atomic E-state index is -4.59. The van der Waals surface area contributed by atoms with Gasteiger partial charge < -0.3 is 9.88 Å². The van der Waals surface area contributed by atoms with Crippen LogP contribution in [0, 0.1) is 0 Å². The van der Waals surface area contributed by atoms with Gasteiger partial charge in [-0.1, -0.05) is 18.2 Å². The highest BCUT2D eigenvalue weighted by atomic mass is 32.2. The second kappa shape index (κ2) is 6.78. The third kappa shape index (κ3) is 3.45. The first-order valence-corrected chi connectivity index (χ1v) is 10.1. The smallest absolute Gasteiger partial charge is 0.340 e. The van der Waals surface area contributed by atoms with Gasteiger partial charge >= 0.3 is 6.18 Å². The van der Waals surface area contributed by atoms with Crippen LogP contribution < -0.4 is 4.90 Å². The maximum absolute atomic E-state index is 12.9. The van der Waals surface area contributed by atoms with Gasteiger partial charge in [-0.3, -0.25) is 0 Å². The van der Waals surface area contributed by atoms with Crippen molar-refractivity contribution in [1.29, 1.82) is 0 Å². The summed E-state index contributed by atoms with van der Waals surface area (Å²) >= 11 is 0. The van der Waals surface area contributed by atoms with E-state index in [0.717, 1.165) is 23.2 Å². The molecule has 6 nitrogen and oxygen atoms in total. The van der Waals surface area contributed by atoms with Crippen LogP contribution in [0.15, 0.2) is 53.4 Å². The number of sulfonamides is 1. The van der Waals surface area contributed by atoms with Crippen LogP contribution in [0.25, 0.3) is 11.0 Å². The van der Waals surface area contributed by atoms with E-state index in [1.165, 1.54) is 10.4 Å². The highest BCUT2D eigenvalue weighted by Crippen LogP contribution is 2.31. The topological polar surface area (TPSA) is 69.3 Å². The van der Waals surface area contributed by atoms with Gasteiger partial charge in [-0.05, 0) is 30.3 Å². The number of H-pyrrole nitrogens is 1. The highest BCUT2D eigenvalue weighted by Gasteiger charge is 2.34. The molecule has 1 N–H and O–H groups in total. The standard InChI is InChI=1S/C18H17F3N4O2S/c19-18(20,21)13-4-3-5-14(12-13)28(26,27)25-10-8-24(9-11-25)17-22-15-6-1-2-7-16(15)23-17/h1-7,12H,8-11H2,(H,22,23). The van der Waals surface area contributed by atoms with E-state index in [0.29, 0.717) is 25.1 Å². The molecule has 0 saturated carbocycles. The number of hydrogen-bond acceptors (Lipinski definition) is 4. The number of aromatic nitrogens is 2. The summed E-state index contributed by atoms with van der Waals surface area (Å²) in [5, 5.41) is 0. The van der Waals surface area contributed by atoms with Gasteiger partial charge in [-0.25, -0.2) is 13.4 Å². The van der Waals surface area contributed by atoms with Crippen molar-refractivity contribution in [2.24, 2.45) is 0 Å². The first-order chi connectivity index (χ1) is 13.2. The van der Waals surface area contributed by atoms with E-state index in [1.54, 1.807) is 0 Å². The first-order valence-electron chi connectivity index (χ1n) is 8.62. The number of alkyl halides is 3. The molecule has 4 rings (SSSR count). The number of para-hydroxylation sites is 2. The minimum Gasteiger partial charge on any atom is -0.340 e. The van der Waals surface area contributed by atoms with Crippen molar-refractivity contribution in [3.63, 3.8) is 0 Å². The normalized spacial score (nSPS) is 16.6. The Balaban J connectivity index is 1.51. The van der Waals surface area contributed by atoms with E-state index in [4.69, 9.17) is 0 Å². The molecule has 1 saturated heterocycles. The van der Waals surface area contributed by atoms with Crippen molar-refractivity contribution in [2.45, 2.75) is 11.1 Å². The van der Waals surface area contributed by atoms with Gasteiger partial charge in [0.15, 0.2) is 0 Å². The van der Waals surface area contributed by atoms with Crippen LogP contribution in [0.5, 0.6) is 0 Å². The number of hydrogen-bond donors (Lipinski definition) is 1. The lowest BCUT2D eigenvalue weighted by Gasteiger charge is -2.33. The molecule has 0 unspecified atom stereocenters. The lowest BCUT2D eigenvalue weighted by atomic mass is 10.2. The number of imidazole rings is 1. The molecule has 1 aliphatic heterocycles. The second-order valence-corrected chi connectivity index (χ2v) is 8.43. The number of nitrogens with one attached hydrogen (secondary N) is 1. The van der Waals surface area contributed by atoms with E-state index in [-0.39, 0.29) is 18.0 Å². The Labute approximate surface area is 159 Å². The third-order valence-electron chi connectivity index (χ3n) is 4.71. The number of nitrogens with zero attached hydrogens (tertiary/aromatic N) is 3. The number of fused-ring (bicyclic) bond motifs is 1. The number of benzene rings is 2. The first kappa shape index (κ1) is 18.8. The predicted octanol–water partition coefficient (Wildman–Crippen LogP) is 3.09. The number of rotatable bonds is 3. The van der Waals surface area contributed by atoms with Crippen molar-refractivity contribution in [2.75, 3.05) is 31.1 Å². The summed E-state index contributed by atoms with van der Waals surface area (Å²) in [6.45, 7) is 1.10. The fourth-order valence-corrected chi connectivity index (χ4v) is 4.68. The van der Waals surface area contributed by atoms with Gasteiger partial charge in [0.1, 0.15) is 0 Å². The van der Waals surface area contributed by atoms with Crippen LogP contribution in [0.4, 0.5) is 19.1 Å². The van der Waals surface area contributed by atoms with Crippen LogP contribution in [0.3, 0.4) is 0 Å². The summed E-state index contributed by atoms with van der Waals surface area (Å²) in [6, 6.07) is 11.4. The van der Waals surface area contributed by atoms with Crippen LogP contribution in [-0.2, 0) is 16.2 Å². The molecule has 2 aromatic carbocycles. The van der Waals surface area contributed by atoms with Crippen LogP contribution >= 0.6 is 0 Å². The maximum Gasteiger partial charge on any atom is 0.416 e. The highest BCUT2D eigenvalue weighted by molar-refractivity contribution is 7.89. The number of piperazine rings is 1. The van der Waals surface area contributed by atoms with E-state index in [9.17, 15) is 21.6 Å². The zero-order valence-electron chi connectivity index (χ0n) is 14.6. The summed E-state index contributed by atoms with van der Waals surface area (Å²) < 4.78 is 65.4. The molecule has 148 valence electrons. The fraction of sp³-hybridized carbons (Fsp3) is 0.278. The van der Waals surface area contributed by atoms with Gasteiger partial charge in [0.2, 0.25) is 16.0 Å². The summed E-state index contributed by atoms with van der Waals surface area (Å²) in [6.07, 6.45) is -4.59. The molecular weight excluding hydrogens is 393 g/mol. The summed E-state index contributed by atoms with van der Waals surface area (Å²) in [5.41, 5.74) is 0.725. The van der Waals surface area contributed by atoms with E-state index in [1.807, 2.05) is 29.2 Å². The lowest BCUT2D eigenvalue weighted by molar-refractivity contribution is -0.137. The molecule has 2 heterocycles. The third-order valence-corrected chi connectivity index (χ3v) is 6.61. The van der Waals surface area contributed by atoms with Crippen molar-refractivity contribution in [3.8, 4) is 0 Å². The quantitative estimate of drug-likeness (QED) is 0.721. The molecule has 1 aliphatic rings. The van der Waals surface area contributed by atoms with Gasteiger partial charge in [0.25, 0.3) is 0 Å². The van der Waals surface area contributed by atoms with E-state index < -0.39 is 21.8 Å². The zero-order valence-corrected chi connectivity index (χ0v) is 15.5. The Hall–Kier alpha value is -2.59. The second-order valence-electron chi connectivity index (χ2n) is 6.49. The zero-order chi connectivity index (χ0) is 19.9. The summed E-state index contributed by atoms with van der Waals surface area (Å²) in [5.74, 6) is 0.650. The molecule has 1 aromatic heterocycles. The molecule has 28 heavy (non-hydrogen) atoms. The Bertz CT molecular complexity index is 1070. The molecule has 0 atom stereocenters. The van der Waals surface area contributed by atoms with Crippen molar-refractivity contribution in [3.05, 3.63) is 54.1 Å². The van der Waals surface area contributed by atoms with Gasteiger partial charge in [-0.2, -0.15) is 17.5 Å². The molecule has 0 radical (unpaired) electrons. The van der Waals surface area contributed by atoms with Gasteiger partial charge in [0, 0.05) is 26.2 Å². The van der Waals surface area contributed by atoms with Gasteiger partial charge in [0.05, 0.1) is 21.5 Å². The molecule has 0 bridgehead atoms. The van der Waals surface area contributed by atoms with E-state index in [2.05, 4.69) is 9.97 Å². The van der Waals surface area contributed by atoms with Crippen LogP contribution in [0.1, 0.15) is 5.56 Å². The van der Waals surface area contributed by atoms with Crippen molar-refractivity contribution in [1.82, 2.24) is 14.3 Å². The Morgan fingerprint density at radius 3 is 2.36 bits per heavy atom. The SMILES string of the molecule is O=S(=O)(c1cccc(C(F)(F)F)c1)N1CCN(c2nc3ccccc3[nH]2)CC1. The Morgan fingerprint density at radius 2 is 1.68 bits per heavy atom. The molecular formula is C18H17F3N4O2S. The maximum atomic E-state index is 12.9. The summed E-state index contributed by atoms with van der Waals surface area (Å²) in [4.78, 5) is 9.28. The average molecular weight is 410 g/mol. The molecule has 3 aromatic rings. The number of aromatic amines is 1. The number of halogens is 3. The van der Waals surface area contributed by atoms with Crippen molar-refractivity contribution < 1.29 is 21.6 Å². The molecule has 0 spiro atoms. The number of anilines is 1. The van der Waals surface area contributed by atoms with Crippen LogP contribution in [-0.4, -0.2) is 48.9 Å². The Kier molecular flexibility index (Phi) is 4.54. The average Bonchev–Trinajstić information content (AvgIpc) is 3.12. The lowest BCUT2D eigenvalue weighted by Crippen LogP contribution is -2.49. The fourth-order valence-electron chi connectivity index (χ4n) is 3.21. The molecule has 0 aliphatic carbocycles. The van der Waals surface area contributed by atoms with Gasteiger partial charge in [-0.15, -0.1) is 0 Å². The van der Waals surface area contributed by atoms with Crippen LogP contribution in [0.2, 0.25) is 0 Å². The minimum absolute atomic E-state index is 0.162. The van der Waals surface area contributed by atoms with E-state index >= 15 is 0 Å². The molecule has 10 heteroatoms. The molecule has 0 amide bonds. The summed E-state index contributed by atoms with van der Waals surface area (Å²) in [7, 11) is -4.00. The predicted molar refractivity (Wildman–Crippen MR) is 98.5 cm³/mol. The monoisotopic (exact) mass is 410 g/mol. The Morgan fingerprint density at radius 1 is 0.964 bits per heavy atom. The van der Waals surface area contributed by atoms with Crippen molar-refractivity contribution >= 4 is 27.0 Å². The molecule has 1 fully saturated rings. The largest absolute Gasteiger partial charge is 0.416 e.